The van der Waals surface area contributed by atoms with E-state index in [1.165, 1.54) is 0 Å². The number of carbonyl (C=O) groups excluding carboxylic acids is 2. The van der Waals surface area contributed by atoms with Gasteiger partial charge in [0.2, 0.25) is 11.8 Å². The monoisotopic (exact) mass is 502 g/mol. The van der Waals surface area contributed by atoms with Gasteiger partial charge in [-0.1, -0.05) is 47.5 Å². The molecule has 3 rings (SSSR count). The number of nitrogens with one attached hydrogen (secondary N) is 1. The third-order valence-electron chi connectivity index (χ3n) is 5.50. The van der Waals surface area contributed by atoms with E-state index in [4.69, 9.17) is 9.47 Å². The summed E-state index contributed by atoms with van der Waals surface area (Å²) in [7, 11) is 0. The van der Waals surface area contributed by atoms with Crippen LogP contribution in [0.4, 0.5) is 0 Å². The molecule has 172 valence electrons. The van der Waals surface area contributed by atoms with E-state index in [9.17, 15) is 9.59 Å². The van der Waals surface area contributed by atoms with Gasteiger partial charge in [0.25, 0.3) is 0 Å². The van der Waals surface area contributed by atoms with E-state index in [1.807, 2.05) is 42.5 Å². The normalized spacial score (nSPS) is 13.3. The maximum Gasteiger partial charge on any atom is 0.242 e. The van der Waals surface area contributed by atoms with Crippen molar-refractivity contribution in [3.05, 3.63) is 58.1 Å². The summed E-state index contributed by atoms with van der Waals surface area (Å²) in [6.45, 7) is 5.96. The molecule has 1 aliphatic rings. The molecule has 2 aromatic carbocycles. The molecule has 6 nitrogen and oxygen atoms in total. The van der Waals surface area contributed by atoms with Gasteiger partial charge >= 0.3 is 0 Å². The highest BCUT2D eigenvalue weighted by molar-refractivity contribution is 9.10. The first kappa shape index (κ1) is 24.1. The Balaban J connectivity index is 1.68. The summed E-state index contributed by atoms with van der Waals surface area (Å²) in [5.41, 5.74) is 1.99. The van der Waals surface area contributed by atoms with Gasteiger partial charge in [0, 0.05) is 24.0 Å². The van der Waals surface area contributed by atoms with Crippen LogP contribution in [-0.2, 0) is 22.6 Å². The number of hydrogen-bond acceptors (Lipinski definition) is 4. The Kier molecular flexibility index (Phi) is 8.97. The second-order valence-corrected chi connectivity index (χ2v) is 8.86. The smallest absolute Gasteiger partial charge is 0.242 e. The van der Waals surface area contributed by atoms with Gasteiger partial charge in [-0.2, -0.15) is 0 Å². The molecule has 1 heterocycles. The van der Waals surface area contributed by atoms with Gasteiger partial charge in [-0.3, -0.25) is 9.59 Å². The lowest BCUT2D eigenvalue weighted by Gasteiger charge is -2.29. The minimum Gasteiger partial charge on any atom is -0.486 e. The maximum absolute atomic E-state index is 13.2. The van der Waals surface area contributed by atoms with E-state index in [0.29, 0.717) is 39.1 Å². The predicted octanol–water partition coefficient (Wildman–Crippen LogP) is 4.49. The van der Waals surface area contributed by atoms with Crippen LogP contribution >= 0.6 is 15.9 Å². The van der Waals surface area contributed by atoms with Crippen LogP contribution in [0.1, 0.15) is 44.2 Å². The Morgan fingerprint density at radius 1 is 1.06 bits per heavy atom. The highest BCUT2D eigenvalue weighted by atomic mass is 79.9. The summed E-state index contributed by atoms with van der Waals surface area (Å²) in [6.07, 6.45) is 2.80. The van der Waals surface area contributed by atoms with Crippen LogP contribution in [0.5, 0.6) is 11.5 Å². The summed E-state index contributed by atoms with van der Waals surface area (Å²) in [6, 6.07) is 13.0. The Morgan fingerprint density at radius 2 is 1.75 bits per heavy atom. The molecule has 0 spiro atoms. The van der Waals surface area contributed by atoms with Gasteiger partial charge in [0.1, 0.15) is 19.3 Å². The summed E-state index contributed by atoms with van der Waals surface area (Å²) < 4.78 is 12.2. The molecule has 0 saturated carbocycles. The van der Waals surface area contributed by atoms with E-state index in [-0.39, 0.29) is 11.8 Å². The van der Waals surface area contributed by atoms with Gasteiger partial charge in [-0.25, -0.2) is 0 Å². The molecule has 1 atom stereocenters. The molecule has 1 aliphatic heterocycles. The number of amides is 2. The molecule has 2 amide bonds. The second-order valence-electron chi connectivity index (χ2n) is 7.95. The van der Waals surface area contributed by atoms with Crippen LogP contribution in [-0.4, -0.2) is 42.5 Å². The van der Waals surface area contributed by atoms with Crippen LogP contribution < -0.4 is 14.8 Å². The number of halogens is 1. The van der Waals surface area contributed by atoms with Crippen molar-refractivity contribution < 1.29 is 19.1 Å². The first-order valence-corrected chi connectivity index (χ1v) is 12.0. The number of benzene rings is 2. The lowest BCUT2D eigenvalue weighted by molar-refractivity contribution is -0.140. The number of aryl methyl sites for hydroxylation is 1. The molecule has 1 unspecified atom stereocenters. The number of rotatable bonds is 10. The van der Waals surface area contributed by atoms with Crippen LogP contribution in [0.15, 0.2) is 46.9 Å². The van der Waals surface area contributed by atoms with Crippen molar-refractivity contribution in [1.29, 1.82) is 0 Å². The first-order valence-electron chi connectivity index (χ1n) is 11.2. The molecule has 0 saturated heterocycles. The zero-order valence-corrected chi connectivity index (χ0v) is 20.3. The average Bonchev–Trinajstić information content (AvgIpc) is 2.81. The summed E-state index contributed by atoms with van der Waals surface area (Å²) >= 11 is 3.44. The molecule has 7 heteroatoms. The van der Waals surface area contributed by atoms with E-state index >= 15 is 0 Å². The zero-order chi connectivity index (χ0) is 22.9. The molecule has 0 bridgehead atoms. The van der Waals surface area contributed by atoms with Crippen LogP contribution in [0.25, 0.3) is 0 Å². The SMILES string of the molecule is CCCCNC(=O)C(C)N(Cc1ccc(Br)cc1)C(=O)CCc1ccc2c(c1)OCCO2. The van der Waals surface area contributed by atoms with E-state index in [2.05, 4.69) is 28.2 Å². The molecule has 2 aromatic rings. The molecule has 0 radical (unpaired) electrons. The predicted molar refractivity (Wildman–Crippen MR) is 128 cm³/mol. The Bertz CT molecular complexity index is 917. The standard InChI is InChI=1S/C25H31BrN2O4/c1-3-4-13-27-25(30)18(2)28(17-20-5-9-21(26)10-6-20)24(29)12-8-19-7-11-22-23(16-19)32-15-14-31-22/h5-7,9-11,16,18H,3-4,8,12-15,17H2,1-2H3,(H,27,30). The fourth-order valence-corrected chi connectivity index (χ4v) is 3.81. The Labute approximate surface area is 198 Å². The largest absolute Gasteiger partial charge is 0.486 e. The number of hydrogen-bond donors (Lipinski definition) is 1. The third kappa shape index (κ3) is 6.73. The molecule has 32 heavy (non-hydrogen) atoms. The topological polar surface area (TPSA) is 67.9 Å². The van der Waals surface area contributed by atoms with Crippen molar-refractivity contribution >= 4 is 27.7 Å². The fourth-order valence-electron chi connectivity index (χ4n) is 3.54. The summed E-state index contributed by atoms with van der Waals surface area (Å²) in [4.78, 5) is 27.6. The van der Waals surface area contributed by atoms with Crippen molar-refractivity contribution in [1.82, 2.24) is 10.2 Å². The quantitative estimate of drug-likeness (QED) is 0.486. The van der Waals surface area contributed by atoms with Crippen molar-refractivity contribution in [2.75, 3.05) is 19.8 Å². The number of fused-ring (bicyclic) bond motifs is 1. The Morgan fingerprint density at radius 3 is 2.47 bits per heavy atom. The van der Waals surface area contributed by atoms with Gasteiger partial charge in [-0.05, 0) is 55.2 Å². The molecular formula is C25H31BrN2O4. The molecule has 0 aliphatic carbocycles. The number of carbonyl (C=O) groups is 2. The lowest BCUT2D eigenvalue weighted by Crippen LogP contribution is -2.47. The number of unbranched alkanes of at least 4 members (excludes halogenated alkanes) is 1. The van der Waals surface area contributed by atoms with Gasteiger partial charge in [-0.15, -0.1) is 0 Å². The lowest BCUT2D eigenvalue weighted by atomic mass is 10.1. The summed E-state index contributed by atoms with van der Waals surface area (Å²) in [5.74, 6) is 1.28. The van der Waals surface area contributed by atoms with Crippen LogP contribution in [0.3, 0.4) is 0 Å². The molecule has 1 N–H and O–H groups in total. The van der Waals surface area contributed by atoms with Crippen LogP contribution in [0.2, 0.25) is 0 Å². The highest BCUT2D eigenvalue weighted by Crippen LogP contribution is 2.31. The fraction of sp³-hybridized carbons (Fsp3) is 0.440. The van der Waals surface area contributed by atoms with Crippen molar-refractivity contribution in [2.45, 2.75) is 52.1 Å². The number of nitrogens with zero attached hydrogens (tertiary/aromatic N) is 1. The molecule has 0 aromatic heterocycles. The maximum atomic E-state index is 13.2. The van der Waals surface area contributed by atoms with Crippen LogP contribution in [0, 0.1) is 0 Å². The van der Waals surface area contributed by atoms with Gasteiger partial charge in [0.05, 0.1) is 0 Å². The van der Waals surface area contributed by atoms with Crippen molar-refractivity contribution in [3.63, 3.8) is 0 Å². The average molecular weight is 503 g/mol. The van der Waals surface area contributed by atoms with E-state index < -0.39 is 6.04 Å². The van der Waals surface area contributed by atoms with Crippen molar-refractivity contribution in [2.24, 2.45) is 0 Å². The first-order chi connectivity index (χ1) is 15.5. The van der Waals surface area contributed by atoms with E-state index in [0.717, 1.165) is 39.9 Å². The van der Waals surface area contributed by atoms with E-state index in [1.54, 1.807) is 11.8 Å². The highest BCUT2D eigenvalue weighted by Gasteiger charge is 2.26. The Hall–Kier alpha value is -2.54. The number of ether oxygens (including phenoxy) is 2. The van der Waals surface area contributed by atoms with Gasteiger partial charge < -0.3 is 19.7 Å². The second kappa shape index (κ2) is 11.9. The third-order valence-corrected chi connectivity index (χ3v) is 6.03. The molecular weight excluding hydrogens is 472 g/mol. The minimum atomic E-state index is -0.553. The summed E-state index contributed by atoms with van der Waals surface area (Å²) in [5, 5.41) is 2.95. The van der Waals surface area contributed by atoms with Crippen molar-refractivity contribution in [3.8, 4) is 11.5 Å². The minimum absolute atomic E-state index is 0.0547. The van der Waals surface area contributed by atoms with Gasteiger partial charge in [0.15, 0.2) is 11.5 Å². The molecule has 0 fully saturated rings. The zero-order valence-electron chi connectivity index (χ0n) is 18.7.